The summed E-state index contributed by atoms with van der Waals surface area (Å²) in [5.74, 6) is -1.83. The summed E-state index contributed by atoms with van der Waals surface area (Å²) in [4.78, 5) is 33.2. The first-order chi connectivity index (χ1) is 17.1. The van der Waals surface area contributed by atoms with Crippen LogP contribution < -0.4 is 5.32 Å². The van der Waals surface area contributed by atoms with Crippen LogP contribution in [0, 0.1) is 0 Å². The zero-order valence-corrected chi connectivity index (χ0v) is 18.9. The average molecular weight is 469 g/mol. The molecule has 2 unspecified atom stereocenters. The van der Waals surface area contributed by atoms with Crippen LogP contribution >= 0.6 is 0 Å². The first-order valence-corrected chi connectivity index (χ1v) is 11.6. The molecule has 7 nitrogen and oxygen atoms in total. The molecule has 3 aromatic carbocycles. The van der Waals surface area contributed by atoms with Crippen LogP contribution in [0.3, 0.4) is 0 Å². The highest BCUT2D eigenvalue weighted by Crippen LogP contribution is 2.52. The zero-order chi connectivity index (χ0) is 23.9. The Bertz CT molecular complexity index is 1270. The summed E-state index contributed by atoms with van der Waals surface area (Å²) in [5.41, 5.74) is 1.31. The van der Waals surface area contributed by atoms with Crippen molar-refractivity contribution in [3.63, 3.8) is 0 Å². The van der Waals surface area contributed by atoms with Crippen molar-refractivity contribution in [2.24, 2.45) is 0 Å². The van der Waals surface area contributed by atoms with Crippen molar-refractivity contribution in [1.29, 1.82) is 0 Å². The maximum Gasteiger partial charge on any atom is 0.278 e. The smallest absolute Gasteiger partial charge is 0.278 e. The number of hydrogen-bond donors (Lipinski definition) is 1. The van der Waals surface area contributed by atoms with Crippen LogP contribution in [0.4, 0.5) is 0 Å². The fraction of sp³-hybridized carbons (Fsp3) is 0.214. The monoisotopic (exact) mass is 468 g/mol. The first kappa shape index (κ1) is 21.7. The molecule has 2 aliphatic heterocycles. The number of nitrogens with one attached hydrogen (secondary N) is 1. The fourth-order valence-electron chi connectivity index (χ4n) is 5.07. The van der Waals surface area contributed by atoms with Crippen molar-refractivity contribution in [2.45, 2.75) is 24.0 Å². The molecule has 3 aromatic rings. The molecule has 2 atom stereocenters. The molecule has 1 N–H and O–H groups in total. The molecule has 176 valence electrons. The summed E-state index contributed by atoms with van der Waals surface area (Å²) in [6, 6.07) is 26.9. The van der Waals surface area contributed by atoms with Gasteiger partial charge in [-0.05, 0) is 35.9 Å². The van der Waals surface area contributed by atoms with Crippen LogP contribution in [0.1, 0.15) is 32.7 Å². The summed E-state index contributed by atoms with van der Waals surface area (Å²) in [5, 5.41) is 4.36. The Labute approximate surface area is 202 Å². The van der Waals surface area contributed by atoms with Gasteiger partial charge in [-0.1, -0.05) is 66.7 Å². The minimum Gasteiger partial charge on any atom is -0.342 e. The van der Waals surface area contributed by atoms with Crippen LogP contribution in [0.15, 0.2) is 97.1 Å². The Hall–Kier alpha value is -3.78. The summed E-state index contributed by atoms with van der Waals surface area (Å²) in [6.07, 6.45) is 2.11. The molecule has 2 amide bonds. The Morgan fingerprint density at radius 2 is 1.37 bits per heavy atom. The van der Waals surface area contributed by atoms with Crippen molar-refractivity contribution >= 4 is 17.4 Å². The lowest BCUT2D eigenvalue weighted by molar-refractivity contribution is -0.205. The molecule has 1 aliphatic carbocycles. The van der Waals surface area contributed by atoms with Crippen molar-refractivity contribution in [1.82, 2.24) is 10.4 Å². The number of nitrogens with zero attached hydrogens (tertiary/aromatic N) is 1. The van der Waals surface area contributed by atoms with Gasteiger partial charge in [0, 0.05) is 23.1 Å². The third-order valence-electron chi connectivity index (χ3n) is 6.62. The number of carbonyl (C=O) groups is 2. The third-order valence-corrected chi connectivity index (χ3v) is 6.62. The first-order valence-electron chi connectivity index (χ1n) is 11.6. The van der Waals surface area contributed by atoms with E-state index in [1.165, 1.54) is 5.06 Å². The van der Waals surface area contributed by atoms with Gasteiger partial charge in [0.05, 0.1) is 13.2 Å². The number of carbonyl (C=O) groups excluding carboxylic acids is 2. The van der Waals surface area contributed by atoms with E-state index in [0.29, 0.717) is 24.3 Å². The van der Waals surface area contributed by atoms with E-state index in [4.69, 9.17) is 14.3 Å². The molecule has 2 bridgehead atoms. The number of amides is 2. The van der Waals surface area contributed by atoms with Crippen molar-refractivity contribution < 1.29 is 23.9 Å². The minimum atomic E-state index is -1.26. The van der Waals surface area contributed by atoms with Crippen LogP contribution in [0.5, 0.6) is 0 Å². The molecule has 7 heteroatoms. The normalized spacial score (nSPS) is 24.3. The van der Waals surface area contributed by atoms with Crippen LogP contribution in [-0.4, -0.2) is 47.6 Å². The van der Waals surface area contributed by atoms with Gasteiger partial charge in [-0.15, -0.1) is 0 Å². The lowest BCUT2D eigenvalue weighted by Gasteiger charge is -2.40. The van der Waals surface area contributed by atoms with E-state index in [1.54, 1.807) is 48.5 Å². The van der Waals surface area contributed by atoms with E-state index in [0.717, 1.165) is 11.1 Å². The lowest BCUT2D eigenvalue weighted by atomic mass is 9.80. The summed E-state index contributed by atoms with van der Waals surface area (Å²) in [7, 11) is 0. The highest BCUT2D eigenvalue weighted by molar-refractivity contribution is 5.96. The maximum atomic E-state index is 13.6. The molecule has 6 rings (SSSR count). The molecule has 35 heavy (non-hydrogen) atoms. The number of fused-ring (bicyclic) bond motifs is 3. The Morgan fingerprint density at radius 3 is 2.00 bits per heavy atom. The highest BCUT2D eigenvalue weighted by atomic mass is 16.8. The molecule has 0 radical (unpaired) electrons. The zero-order valence-electron chi connectivity index (χ0n) is 18.9. The van der Waals surface area contributed by atoms with E-state index in [-0.39, 0.29) is 18.2 Å². The molecule has 2 heterocycles. The second-order valence-electron chi connectivity index (χ2n) is 8.81. The Morgan fingerprint density at radius 1 is 0.800 bits per heavy atom. The molecule has 2 saturated heterocycles. The average Bonchev–Trinajstić information content (AvgIpc) is 3.52. The van der Waals surface area contributed by atoms with Gasteiger partial charge in [-0.3, -0.25) is 9.59 Å². The Balaban J connectivity index is 1.46. The van der Waals surface area contributed by atoms with E-state index in [9.17, 15) is 9.59 Å². The molecule has 3 aliphatic rings. The van der Waals surface area contributed by atoms with Crippen LogP contribution in [0.25, 0.3) is 5.57 Å². The number of hydrogen-bond acceptors (Lipinski definition) is 5. The maximum absolute atomic E-state index is 13.6. The van der Waals surface area contributed by atoms with Gasteiger partial charge in [0.1, 0.15) is 6.04 Å². The predicted octanol–water partition coefficient (Wildman–Crippen LogP) is 3.80. The SMILES string of the molecule is O=C(NC12C=C(c3ccccc3)C3(OCCO3)C(C1)N(C(=O)c1ccccc1)O2)c1ccccc1. The van der Waals surface area contributed by atoms with E-state index < -0.39 is 17.6 Å². The number of benzene rings is 3. The summed E-state index contributed by atoms with van der Waals surface area (Å²) in [6.45, 7) is 0.773. The lowest BCUT2D eigenvalue weighted by Crippen LogP contribution is -2.55. The van der Waals surface area contributed by atoms with Gasteiger partial charge in [-0.2, -0.15) is 0 Å². The molecule has 1 spiro atoms. The Kier molecular flexibility index (Phi) is 5.25. The molecule has 2 fully saturated rings. The number of hydroxylamine groups is 2. The third kappa shape index (κ3) is 3.65. The fourth-order valence-corrected chi connectivity index (χ4v) is 5.07. The van der Waals surface area contributed by atoms with Crippen LogP contribution in [-0.2, 0) is 14.3 Å². The molecule has 0 saturated carbocycles. The standard InChI is InChI=1S/C28H24N2O5/c31-25(21-12-6-2-7-13-21)29-27-18-23(20-10-4-1-5-11-20)28(33-16-17-34-28)24(19-27)30(35-27)26(32)22-14-8-3-9-15-22/h1-15,18,24H,16-17,19H2,(H,29,31). The topological polar surface area (TPSA) is 77.1 Å². The van der Waals surface area contributed by atoms with Crippen molar-refractivity contribution in [3.05, 3.63) is 114 Å². The predicted molar refractivity (Wildman–Crippen MR) is 128 cm³/mol. The van der Waals surface area contributed by atoms with Crippen LogP contribution in [0.2, 0.25) is 0 Å². The van der Waals surface area contributed by atoms with E-state index in [1.807, 2.05) is 48.5 Å². The molecular formula is C28H24N2O5. The van der Waals surface area contributed by atoms with Gasteiger partial charge < -0.3 is 14.8 Å². The summed E-state index contributed by atoms with van der Waals surface area (Å²) < 4.78 is 12.5. The number of ether oxygens (including phenoxy) is 2. The van der Waals surface area contributed by atoms with E-state index >= 15 is 0 Å². The van der Waals surface area contributed by atoms with Gasteiger partial charge in [0.15, 0.2) is 5.72 Å². The second-order valence-corrected chi connectivity index (χ2v) is 8.81. The van der Waals surface area contributed by atoms with Gasteiger partial charge in [0.25, 0.3) is 11.8 Å². The minimum absolute atomic E-state index is 0.278. The highest BCUT2D eigenvalue weighted by Gasteiger charge is 2.64. The van der Waals surface area contributed by atoms with Gasteiger partial charge in [0.2, 0.25) is 5.79 Å². The second kappa shape index (κ2) is 8.46. The van der Waals surface area contributed by atoms with Gasteiger partial charge >= 0.3 is 0 Å². The molecule has 0 aromatic heterocycles. The largest absolute Gasteiger partial charge is 0.342 e. The van der Waals surface area contributed by atoms with E-state index in [2.05, 4.69) is 5.32 Å². The number of rotatable bonds is 4. The summed E-state index contributed by atoms with van der Waals surface area (Å²) >= 11 is 0. The quantitative estimate of drug-likeness (QED) is 0.630. The van der Waals surface area contributed by atoms with Gasteiger partial charge in [-0.25, -0.2) is 9.90 Å². The molecular weight excluding hydrogens is 444 g/mol. The van der Waals surface area contributed by atoms with Crippen molar-refractivity contribution in [3.8, 4) is 0 Å². The van der Waals surface area contributed by atoms with Crippen molar-refractivity contribution in [2.75, 3.05) is 13.2 Å².